The lowest BCUT2D eigenvalue weighted by atomic mass is 10.1. The van der Waals surface area contributed by atoms with Gasteiger partial charge in [-0.1, -0.05) is 12.1 Å². The topological polar surface area (TPSA) is 33.7 Å². The third-order valence-electron chi connectivity index (χ3n) is 3.91. The summed E-state index contributed by atoms with van der Waals surface area (Å²) in [4.78, 5) is 2.51. The van der Waals surface area contributed by atoms with E-state index >= 15 is 0 Å². The molecule has 1 aromatic carbocycles. The Balaban J connectivity index is 1.79. The molecular weight excluding hydrogens is 240 g/mol. The lowest BCUT2D eigenvalue weighted by Gasteiger charge is -2.38. The third-order valence-corrected chi connectivity index (χ3v) is 3.91. The molecule has 0 spiro atoms. The van der Waals surface area contributed by atoms with E-state index < -0.39 is 0 Å². The Labute approximate surface area is 114 Å². The fourth-order valence-corrected chi connectivity index (χ4v) is 2.79. The van der Waals surface area contributed by atoms with E-state index in [4.69, 9.17) is 9.47 Å². The molecule has 1 saturated heterocycles. The molecule has 2 aliphatic rings. The van der Waals surface area contributed by atoms with Crippen LogP contribution in [0.5, 0.6) is 11.5 Å². The number of fused-ring (bicyclic) bond motifs is 1. The van der Waals surface area contributed by atoms with Crippen LogP contribution >= 0.6 is 0 Å². The molecule has 0 aromatic heterocycles. The molecule has 2 atom stereocenters. The van der Waals surface area contributed by atoms with E-state index in [2.05, 4.69) is 36.2 Å². The first-order valence-corrected chi connectivity index (χ1v) is 7.09. The molecule has 2 heterocycles. The summed E-state index contributed by atoms with van der Waals surface area (Å²) in [7, 11) is 0. The number of ether oxygens (including phenoxy) is 2. The average Bonchev–Trinajstić information content (AvgIpc) is 2.43. The first-order chi connectivity index (χ1) is 9.24. The SMILES string of the molecule is CC1CN(Cc2cccc3c2OCCO3)C(C)CN1. The molecule has 0 aliphatic carbocycles. The molecule has 2 unspecified atom stereocenters. The standard InChI is InChI=1S/C15H22N2O2/c1-11-9-17(12(2)8-16-11)10-13-4-3-5-14-15(13)19-7-6-18-14/h3-5,11-12,16H,6-10H2,1-2H3. The normalized spacial score (nSPS) is 27.3. The second-order valence-electron chi connectivity index (χ2n) is 5.53. The van der Waals surface area contributed by atoms with Crippen molar-refractivity contribution in [1.82, 2.24) is 10.2 Å². The average molecular weight is 262 g/mol. The minimum absolute atomic E-state index is 0.549. The molecule has 2 aliphatic heterocycles. The number of hydrogen-bond acceptors (Lipinski definition) is 4. The number of nitrogens with one attached hydrogen (secondary N) is 1. The molecule has 1 aromatic rings. The van der Waals surface area contributed by atoms with Gasteiger partial charge in [0, 0.05) is 37.3 Å². The number of nitrogens with zero attached hydrogens (tertiary/aromatic N) is 1. The highest BCUT2D eigenvalue weighted by Crippen LogP contribution is 2.34. The van der Waals surface area contributed by atoms with E-state index in [1.165, 1.54) is 5.56 Å². The molecule has 0 bridgehead atoms. The molecular formula is C15H22N2O2. The maximum atomic E-state index is 5.79. The number of hydrogen-bond donors (Lipinski definition) is 1. The van der Waals surface area contributed by atoms with Gasteiger partial charge in [-0.2, -0.15) is 0 Å². The van der Waals surface area contributed by atoms with E-state index in [1.807, 2.05) is 6.07 Å². The summed E-state index contributed by atoms with van der Waals surface area (Å²) < 4.78 is 11.4. The van der Waals surface area contributed by atoms with Crippen molar-refractivity contribution in [2.75, 3.05) is 26.3 Å². The van der Waals surface area contributed by atoms with Gasteiger partial charge in [-0.3, -0.25) is 4.90 Å². The van der Waals surface area contributed by atoms with Gasteiger partial charge in [0.05, 0.1) is 0 Å². The Bertz CT molecular complexity index is 450. The monoisotopic (exact) mass is 262 g/mol. The fourth-order valence-electron chi connectivity index (χ4n) is 2.79. The molecule has 1 N–H and O–H groups in total. The van der Waals surface area contributed by atoms with Crippen molar-refractivity contribution in [1.29, 1.82) is 0 Å². The predicted octanol–water partition coefficient (Wildman–Crippen LogP) is 1.64. The van der Waals surface area contributed by atoms with Crippen LogP contribution < -0.4 is 14.8 Å². The smallest absolute Gasteiger partial charge is 0.165 e. The first-order valence-electron chi connectivity index (χ1n) is 7.09. The highest BCUT2D eigenvalue weighted by atomic mass is 16.6. The van der Waals surface area contributed by atoms with E-state index in [0.29, 0.717) is 25.3 Å². The Morgan fingerprint density at radius 1 is 1.26 bits per heavy atom. The van der Waals surface area contributed by atoms with Crippen LogP contribution in [0.4, 0.5) is 0 Å². The molecule has 0 amide bonds. The van der Waals surface area contributed by atoms with Crippen LogP contribution in [-0.4, -0.2) is 43.3 Å². The van der Waals surface area contributed by atoms with Crippen LogP contribution in [0.1, 0.15) is 19.4 Å². The van der Waals surface area contributed by atoms with Gasteiger partial charge < -0.3 is 14.8 Å². The van der Waals surface area contributed by atoms with Crippen LogP contribution in [0.3, 0.4) is 0 Å². The van der Waals surface area contributed by atoms with E-state index in [0.717, 1.165) is 31.1 Å². The summed E-state index contributed by atoms with van der Waals surface area (Å²) >= 11 is 0. The van der Waals surface area contributed by atoms with Crippen molar-refractivity contribution < 1.29 is 9.47 Å². The zero-order valence-electron chi connectivity index (χ0n) is 11.7. The molecule has 4 heteroatoms. The van der Waals surface area contributed by atoms with Crippen LogP contribution in [0.2, 0.25) is 0 Å². The van der Waals surface area contributed by atoms with Gasteiger partial charge in [-0.15, -0.1) is 0 Å². The number of rotatable bonds is 2. The minimum Gasteiger partial charge on any atom is -0.486 e. The lowest BCUT2D eigenvalue weighted by molar-refractivity contribution is 0.131. The summed E-state index contributed by atoms with van der Waals surface area (Å²) in [5, 5.41) is 3.51. The summed E-state index contributed by atoms with van der Waals surface area (Å²) in [5.74, 6) is 1.83. The molecule has 19 heavy (non-hydrogen) atoms. The van der Waals surface area contributed by atoms with E-state index in [1.54, 1.807) is 0 Å². The Hall–Kier alpha value is -1.26. The molecule has 3 rings (SSSR count). The molecule has 104 valence electrons. The highest BCUT2D eigenvalue weighted by Gasteiger charge is 2.24. The molecule has 4 nitrogen and oxygen atoms in total. The van der Waals surface area contributed by atoms with Crippen LogP contribution in [0, 0.1) is 0 Å². The van der Waals surface area contributed by atoms with E-state index in [-0.39, 0.29) is 0 Å². The highest BCUT2D eigenvalue weighted by molar-refractivity contribution is 5.47. The largest absolute Gasteiger partial charge is 0.486 e. The number of para-hydroxylation sites is 1. The van der Waals surface area contributed by atoms with Gasteiger partial charge in [-0.05, 0) is 19.9 Å². The van der Waals surface area contributed by atoms with Crippen molar-refractivity contribution in [3.05, 3.63) is 23.8 Å². The van der Waals surface area contributed by atoms with Crippen molar-refractivity contribution in [2.45, 2.75) is 32.5 Å². The van der Waals surface area contributed by atoms with Gasteiger partial charge in [0.25, 0.3) is 0 Å². The van der Waals surface area contributed by atoms with Crippen molar-refractivity contribution in [2.24, 2.45) is 0 Å². The summed E-state index contributed by atoms with van der Waals surface area (Å²) in [6.45, 7) is 8.86. The third kappa shape index (κ3) is 2.69. The van der Waals surface area contributed by atoms with Gasteiger partial charge in [0.1, 0.15) is 13.2 Å². The fraction of sp³-hybridized carbons (Fsp3) is 0.600. The summed E-state index contributed by atoms with van der Waals surface area (Å²) in [6.07, 6.45) is 0. The van der Waals surface area contributed by atoms with E-state index in [9.17, 15) is 0 Å². The van der Waals surface area contributed by atoms with Crippen LogP contribution in [0.25, 0.3) is 0 Å². The second kappa shape index (κ2) is 5.39. The summed E-state index contributed by atoms with van der Waals surface area (Å²) in [6, 6.07) is 7.29. The number of benzene rings is 1. The zero-order chi connectivity index (χ0) is 13.2. The molecule has 0 saturated carbocycles. The van der Waals surface area contributed by atoms with Gasteiger partial charge in [0.15, 0.2) is 11.5 Å². The predicted molar refractivity (Wildman–Crippen MR) is 74.8 cm³/mol. The molecule has 0 radical (unpaired) electrons. The van der Waals surface area contributed by atoms with Gasteiger partial charge in [0.2, 0.25) is 0 Å². The first kappa shape index (κ1) is 12.8. The van der Waals surface area contributed by atoms with Crippen LogP contribution in [-0.2, 0) is 6.54 Å². The van der Waals surface area contributed by atoms with Crippen molar-refractivity contribution >= 4 is 0 Å². The minimum atomic E-state index is 0.549. The number of piperazine rings is 1. The Kier molecular flexibility index (Phi) is 3.62. The van der Waals surface area contributed by atoms with Crippen molar-refractivity contribution in [3.63, 3.8) is 0 Å². The van der Waals surface area contributed by atoms with Crippen LogP contribution in [0.15, 0.2) is 18.2 Å². The maximum Gasteiger partial charge on any atom is 0.165 e. The summed E-state index contributed by atoms with van der Waals surface area (Å²) in [5.41, 5.74) is 1.23. The Morgan fingerprint density at radius 3 is 3.00 bits per heavy atom. The second-order valence-corrected chi connectivity index (χ2v) is 5.53. The lowest BCUT2D eigenvalue weighted by Crippen LogP contribution is -2.53. The van der Waals surface area contributed by atoms with Gasteiger partial charge >= 0.3 is 0 Å². The zero-order valence-corrected chi connectivity index (χ0v) is 11.7. The maximum absolute atomic E-state index is 5.79. The van der Waals surface area contributed by atoms with Crippen molar-refractivity contribution in [3.8, 4) is 11.5 Å². The van der Waals surface area contributed by atoms with Gasteiger partial charge in [-0.25, -0.2) is 0 Å². The quantitative estimate of drug-likeness (QED) is 0.878. The molecule has 1 fully saturated rings. The Morgan fingerprint density at radius 2 is 2.11 bits per heavy atom.